The fraction of sp³-hybridized carbons (Fsp3) is 0.636. The van der Waals surface area contributed by atoms with E-state index in [4.69, 9.17) is 9.47 Å². The van der Waals surface area contributed by atoms with E-state index in [-0.39, 0.29) is 5.41 Å². The lowest BCUT2D eigenvalue weighted by atomic mass is 9.94. The van der Waals surface area contributed by atoms with Crippen LogP contribution in [0.15, 0.2) is 6.07 Å². The molecule has 0 fully saturated rings. The van der Waals surface area contributed by atoms with Gasteiger partial charge in [0.15, 0.2) is 5.69 Å². The normalized spacial score (nSPS) is 17.4. The molecule has 0 bridgehead atoms. The van der Waals surface area contributed by atoms with E-state index in [1.165, 1.54) is 0 Å². The van der Waals surface area contributed by atoms with Crippen LogP contribution in [0.4, 0.5) is 0 Å². The molecule has 88 valence electrons. The lowest BCUT2D eigenvalue weighted by molar-refractivity contribution is 0.0517. The molecule has 1 aliphatic heterocycles. The van der Waals surface area contributed by atoms with Gasteiger partial charge in [-0.3, -0.25) is 0 Å². The molecule has 5 nitrogen and oxygen atoms in total. The summed E-state index contributed by atoms with van der Waals surface area (Å²) in [5, 5.41) is 4.18. The van der Waals surface area contributed by atoms with Crippen molar-refractivity contribution >= 4 is 5.97 Å². The van der Waals surface area contributed by atoms with Gasteiger partial charge in [-0.1, -0.05) is 13.8 Å². The fourth-order valence-corrected chi connectivity index (χ4v) is 1.65. The van der Waals surface area contributed by atoms with Gasteiger partial charge in [-0.25, -0.2) is 9.48 Å². The number of fused-ring (bicyclic) bond motifs is 1. The Balaban J connectivity index is 2.21. The number of carbonyl (C=O) groups is 1. The zero-order valence-corrected chi connectivity index (χ0v) is 9.82. The average Bonchev–Trinajstić information content (AvgIpc) is 2.59. The molecule has 0 aromatic carbocycles. The topological polar surface area (TPSA) is 53.4 Å². The van der Waals surface area contributed by atoms with Crippen molar-refractivity contribution in [1.82, 2.24) is 9.78 Å². The molecule has 0 N–H and O–H groups in total. The SMILES string of the molecule is CCOC(=O)c1cc2n(n1)CC(C)(C)CO2. The Labute approximate surface area is 94.3 Å². The van der Waals surface area contributed by atoms with Crippen molar-refractivity contribution in [1.29, 1.82) is 0 Å². The second-order valence-corrected chi connectivity index (χ2v) is 4.70. The van der Waals surface area contributed by atoms with Crippen molar-refractivity contribution in [3.63, 3.8) is 0 Å². The van der Waals surface area contributed by atoms with Crippen molar-refractivity contribution in [2.45, 2.75) is 27.3 Å². The Kier molecular flexibility index (Phi) is 2.61. The standard InChI is InChI=1S/C11H16N2O3/c1-4-15-10(14)8-5-9-13(12-8)6-11(2,3)7-16-9/h5H,4,6-7H2,1-3H3. The van der Waals surface area contributed by atoms with E-state index in [1.807, 2.05) is 0 Å². The molecule has 1 aliphatic rings. The van der Waals surface area contributed by atoms with Gasteiger partial charge in [-0.15, -0.1) is 0 Å². The van der Waals surface area contributed by atoms with Crippen LogP contribution in [0.3, 0.4) is 0 Å². The number of hydrogen-bond acceptors (Lipinski definition) is 4. The Morgan fingerprint density at radius 3 is 3.12 bits per heavy atom. The summed E-state index contributed by atoms with van der Waals surface area (Å²) in [6, 6.07) is 1.63. The minimum atomic E-state index is -0.397. The molecular formula is C11H16N2O3. The van der Waals surface area contributed by atoms with Crippen molar-refractivity contribution < 1.29 is 14.3 Å². The van der Waals surface area contributed by atoms with E-state index in [9.17, 15) is 4.79 Å². The van der Waals surface area contributed by atoms with E-state index < -0.39 is 5.97 Å². The quantitative estimate of drug-likeness (QED) is 0.714. The molecule has 0 aliphatic carbocycles. The van der Waals surface area contributed by atoms with E-state index in [0.717, 1.165) is 6.54 Å². The molecule has 1 aromatic rings. The van der Waals surface area contributed by atoms with Gasteiger partial charge >= 0.3 is 5.97 Å². The maximum Gasteiger partial charge on any atom is 0.358 e. The number of nitrogens with zero attached hydrogens (tertiary/aromatic N) is 2. The summed E-state index contributed by atoms with van der Waals surface area (Å²) in [5.41, 5.74) is 0.361. The van der Waals surface area contributed by atoms with Crippen LogP contribution in [-0.4, -0.2) is 29.0 Å². The number of rotatable bonds is 2. The highest BCUT2D eigenvalue weighted by molar-refractivity contribution is 5.87. The summed E-state index contributed by atoms with van der Waals surface area (Å²) < 4.78 is 12.1. The van der Waals surface area contributed by atoms with Gasteiger partial charge in [0, 0.05) is 11.5 Å². The van der Waals surface area contributed by atoms with E-state index in [2.05, 4.69) is 18.9 Å². The first-order valence-corrected chi connectivity index (χ1v) is 5.39. The number of ether oxygens (including phenoxy) is 2. The van der Waals surface area contributed by atoms with Crippen molar-refractivity contribution in [2.75, 3.05) is 13.2 Å². The predicted octanol–water partition coefficient (Wildman–Crippen LogP) is 1.48. The molecule has 0 spiro atoms. The van der Waals surface area contributed by atoms with Crippen molar-refractivity contribution in [3.8, 4) is 5.88 Å². The molecule has 0 unspecified atom stereocenters. The minimum Gasteiger partial charge on any atom is -0.477 e. The van der Waals surface area contributed by atoms with Gasteiger partial charge in [-0.2, -0.15) is 5.10 Å². The van der Waals surface area contributed by atoms with Crippen LogP contribution in [0, 0.1) is 5.41 Å². The highest BCUT2D eigenvalue weighted by Gasteiger charge is 2.29. The summed E-state index contributed by atoms with van der Waals surface area (Å²) >= 11 is 0. The number of esters is 1. The summed E-state index contributed by atoms with van der Waals surface area (Å²) in [6.07, 6.45) is 0. The van der Waals surface area contributed by atoms with Crippen LogP contribution in [0.2, 0.25) is 0 Å². The minimum absolute atomic E-state index is 0.0466. The largest absolute Gasteiger partial charge is 0.477 e. The van der Waals surface area contributed by atoms with E-state index in [1.54, 1.807) is 17.7 Å². The summed E-state index contributed by atoms with van der Waals surface area (Å²) in [5.74, 6) is 0.244. The Bertz CT molecular complexity index is 409. The van der Waals surface area contributed by atoms with Crippen LogP contribution in [0.5, 0.6) is 5.88 Å². The van der Waals surface area contributed by atoms with Crippen LogP contribution >= 0.6 is 0 Å². The molecule has 0 saturated heterocycles. The lowest BCUT2D eigenvalue weighted by Gasteiger charge is -2.29. The molecule has 2 heterocycles. The van der Waals surface area contributed by atoms with Gasteiger partial charge in [-0.05, 0) is 6.92 Å². The van der Waals surface area contributed by atoms with Crippen molar-refractivity contribution in [3.05, 3.63) is 11.8 Å². The van der Waals surface area contributed by atoms with Gasteiger partial charge in [0.1, 0.15) is 0 Å². The molecule has 0 atom stereocenters. The summed E-state index contributed by atoms with van der Waals surface area (Å²) in [4.78, 5) is 11.5. The monoisotopic (exact) mass is 224 g/mol. The maximum absolute atomic E-state index is 11.5. The lowest BCUT2D eigenvalue weighted by Crippen LogP contribution is -2.32. The van der Waals surface area contributed by atoms with Crippen molar-refractivity contribution in [2.24, 2.45) is 5.41 Å². The van der Waals surface area contributed by atoms with E-state index >= 15 is 0 Å². The first kappa shape index (κ1) is 11.0. The third-order valence-electron chi connectivity index (χ3n) is 2.42. The predicted molar refractivity (Wildman–Crippen MR) is 57.5 cm³/mol. The van der Waals surface area contributed by atoms with Gasteiger partial charge < -0.3 is 9.47 Å². The van der Waals surface area contributed by atoms with Crippen LogP contribution in [-0.2, 0) is 11.3 Å². The molecule has 2 rings (SSSR count). The Morgan fingerprint density at radius 2 is 2.44 bits per heavy atom. The van der Waals surface area contributed by atoms with Crippen LogP contribution in [0.25, 0.3) is 0 Å². The first-order valence-electron chi connectivity index (χ1n) is 5.39. The second-order valence-electron chi connectivity index (χ2n) is 4.70. The molecule has 16 heavy (non-hydrogen) atoms. The van der Waals surface area contributed by atoms with Gasteiger partial charge in [0.2, 0.25) is 5.88 Å². The molecular weight excluding hydrogens is 208 g/mol. The highest BCUT2D eigenvalue weighted by atomic mass is 16.5. The molecule has 0 amide bonds. The highest BCUT2D eigenvalue weighted by Crippen LogP contribution is 2.28. The summed E-state index contributed by atoms with van der Waals surface area (Å²) in [7, 11) is 0. The molecule has 5 heteroatoms. The molecule has 0 saturated carbocycles. The van der Waals surface area contributed by atoms with Gasteiger partial charge in [0.05, 0.1) is 19.8 Å². The molecule has 1 aromatic heterocycles. The van der Waals surface area contributed by atoms with Gasteiger partial charge in [0.25, 0.3) is 0 Å². The fourth-order valence-electron chi connectivity index (χ4n) is 1.65. The second kappa shape index (κ2) is 3.81. The van der Waals surface area contributed by atoms with Crippen LogP contribution < -0.4 is 4.74 Å². The zero-order chi connectivity index (χ0) is 11.8. The smallest absolute Gasteiger partial charge is 0.358 e. The maximum atomic E-state index is 11.5. The summed E-state index contributed by atoms with van der Waals surface area (Å²) in [6.45, 7) is 7.72. The Morgan fingerprint density at radius 1 is 1.69 bits per heavy atom. The third kappa shape index (κ3) is 2.03. The molecule has 0 radical (unpaired) electrons. The first-order chi connectivity index (χ1) is 7.52. The third-order valence-corrected chi connectivity index (χ3v) is 2.42. The average molecular weight is 224 g/mol. The zero-order valence-electron chi connectivity index (χ0n) is 9.82. The number of carbonyl (C=O) groups excluding carboxylic acids is 1. The Hall–Kier alpha value is -1.52. The van der Waals surface area contributed by atoms with Crippen LogP contribution in [0.1, 0.15) is 31.3 Å². The van der Waals surface area contributed by atoms with E-state index in [0.29, 0.717) is 24.8 Å². The number of aromatic nitrogens is 2. The number of hydrogen-bond donors (Lipinski definition) is 0.